The minimum absolute atomic E-state index is 0.103. The van der Waals surface area contributed by atoms with Crippen LogP contribution in [-0.4, -0.2) is 41.0 Å². The fraction of sp³-hybridized carbons (Fsp3) is 0.429. The van der Waals surface area contributed by atoms with Crippen LogP contribution in [0, 0.1) is 0 Å². The van der Waals surface area contributed by atoms with Crippen LogP contribution in [0.1, 0.15) is 29.0 Å². The lowest BCUT2D eigenvalue weighted by atomic mass is 10.3. The average Bonchev–Trinajstić information content (AvgIpc) is 3.17. The van der Waals surface area contributed by atoms with E-state index in [2.05, 4.69) is 4.74 Å². The summed E-state index contributed by atoms with van der Waals surface area (Å²) in [4.78, 5) is 25.4. The van der Waals surface area contributed by atoms with Crippen molar-refractivity contribution in [2.24, 2.45) is 0 Å². The molecule has 1 aromatic heterocycles. The lowest BCUT2D eigenvalue weighted by molar-refractivity contribution is -0.134. The van der Waals surface area contributed by atoms with E-state index < -0.39 is 5.97 Å². The average molecular weight is 260 g/mol. The maximum Gasteiger partial charge on any atom is 0.330 e. The van der Waals surface area contributed by atoms with Crippen LogP contribution in [-0.2, 0) is 16.1 Å². The van der Waals surface area contributed by atoms with Crippen LogP contribution in [0.4, 0.5) is 0 Å². The van der Waals surface area contributed by atoms with Crippen LogP contribution in [0.25, 0.3) is 6.08 Å². The van der Waals surface area contributed by atoms with Gasteiger partial charge >= 0.3 is 5.97 Å². The van der Waals surface area contributed by atoms with Gasteiger partial charge in [0.05, 0.1) is 7.11 Å². The third-order valence-electron chi connectivity index (χ3n) is 3.64. The van der Waals surface area contributed by atoms with E-state index in [0.29, 0.717) is 11.7 Å². The summed E-state index contributed by atoms with van der Waals surface area (Å²) in [5, 5.41) is 0. The van der Waals surface area contributed by atoms with Crippen molar-refractivity contribution >= 4 is 18.0 Å². The highest BCUT2D eigenvalue weighted by Gasteiger charge is 2.36. The predicted octanol–water partition coefficient (Wildman–Crippen LogP) is 1.29. The molecule has 2 aliphatic rings. The van der Waals surface area contributed by atoms with E-state index in [1.54, 1.807) is 6.08 Å². The fourth-order valence-electron chi connectivity index (χ4n) is 2.48. The summed E-state index contributed by atoms with van der Waals surface area (Å²) in [6.07, 6.45) is 5.32. The second kappa shape index (κ2) is 4.57. The van der Waals surface area contributed by atoms with Crippen molar-refractivity contribution in [1.29, 1.82) is 0 Å². The molecule has 2 heterocycles. The van der Waals surface area contributed by atoms with Gasteiger partial charge in [0.1, 0.15) is 5.69 Å². The van der Waals surface area contributed by atoms with Gasteiger partial charge in [-0.3, -0.25) is 4.79 Å². The molecule has 0 bridgehead atoms. The molecule has 0 saturated heterocycles. The van der Waals surface area contributed by atoms with Crippen molar-refractivity contribution < 1.29 is 14.3 Å². The summed E-state index contributed by atoms with van der Waals surface area (Å²) in [5.41, 5.74) is 1.58. The van der Waals surface area contributed by atoms with Gasteiger partial charge in [0, 0.05) is 30.9 Å². The number of nitrogens with zero attached hydrogens (tertiary/aromatic N) is 2. The summed E-state index contributed by atoms with van der Waals surface area (Å²) in [7, 11) is 1.34. The van der Waals surface area contributed by atoms with Crippen molar-refractivity contribution in [3.05, 3.63) is 29.6 Å². The smallest absolute Gasteiger partial charge is 0.330 e. The second-order valence-corrected chi connectivity index (χ2v) is 4.88. The summed E-state index contributed by atoms with van der Waals surface area (Å²) in [6.45, 7) is 1.54. The molecular weight excluding hydrogens is 244 g/mol. The molecule has 3 rings (SSSR count). The predicted molar refractivity (Wildman–Crippen MR) is 69.5 cm³/mol. The van der Waals surface area contributed by atoms with Crippen LogP contribution in [0.2, 0.25) is 0 Å². The molecule has 0 unspecified atom stereocenters. The normalized spacial score (nSPS) is 18.8. The molecule has 0 spiro atoms. The first-order chi connectivity index (χ1) is 9.20. The van der Waals surface area contributed by atoms with Crippen molar-refractivity contribution in [2.75, 3.05) is 13.7 Å². The van der Waals surface area contributed by atoms with E-state index >= 15 is 0 Å². The Morgan fingerprint density at radius 2 is 2.16 bits per heavy atom. The highest BCUT2D eigenvalue weighted by atomic mass is 16.5. The van der Waals surface area contributed by atoms with Gasteiger partial charge in [-0.1, -0.05) is 0 Å². The molecule has 0 radical (unpaired) electrons. The monoisotopic (exact) mass is 260 g/mol. The van der Waals surface area contributed by atoms with Crippen molar-refractivity contribution in [3.8, 4) is 0 Å². The molecule has 0 aromatic carbocycles. The first kappa shape index (κ1) is 12.0. The molecular formula is C14H16N2O3. The van der Waals surface area contributed by atoms with Crippen LogP contribution in [0.15, 0.2) is 18.2 Å². The van der Waals surface area contributed by atoms with Gasteiger partial charge in [-0.25, -0.2) is 4.79 Å². The topological polar surface area (TPSA) is 51.5 Å². The maximum atomic E-state index is 12.3. The van der Waals surface area contributed by atoms with Gasteiger partial charge < -0.3 is 14.2 Å². The van der Waals surface area contributed by atoms with Crippen LogP contribution in [0.5, 0.6) is 0 Å². The number of amides is 1. The Hall–Kier alpha value is -2.04. The Kier molecular flexibility index (Phi) is 2.89. The number of aromatic nitrogens is 1. The number of hydrogen-bond acceptors (Lipinski definition) is 3. The molecule has 5 nitrogen and oxygen atoms in total. The molecule has 1 aliphatic carbocycles. The Morgan fingerprint density at radius 1 is 1.37 bits per heavy atom. The number of carbonyl (C=O) groups is 2. The molecule has 1 aliphatic heterocycles. The lowest BCUT2D eigenvalue weighted by Gasteiger charge is -2.29. The first-order valence-electron chi connectivity index (χ1n) is 6.47. The van der Waals surface area contributed by atoms with E-state index in [0.717, 1.165) is 31.6 Å². The highest BCUT2D eigenvalue weighted by Crippen LogP contribution is 2.30. The fourth-order valence-corrected chi connectivity index (χ4v) is 2.48. The summed E-state index contributed by atoms with van der Waals surface area (Å²) in [5.74, 6) is -0.288. The van der Waals surface area contributed by atoms with Crippen LogP contribution in [0.3, 0.4) is 0 Å². The first-order valence-corrected chi connectivity index (χ1v) is 6.47. The Morgan fingerprint density at radius 3 is 2.84 bits per heavy atom. The highest BCUT2D eigenvalue weighted by molar-refractivity contribution is 5.95. The van der Waals surface area contributed by atoms with Crippen LogP contribution < -0.4 is 0 Å². The summed E-state index contributed by atoms with van der Waals surface area (Å²) in [6, 6.07) is 4.14. The number of fused-ring (bicyclic) bond motifs is 1. The Bertz CT molecular complexity index is 555. The van der Waals surface area contributed by atoms with E-state index in [1.807, 2.05) is 21.6 Å². The standard InChI is InChI=1S/C14H16N2O3/c1-19-13(17)7-5-10-4-6-12-14(18)16(11-2-3-11)9-8-15(10)12/h4-7,11H,2-3,8-9H2,1H3/b7-5+. The molecule has 1 fully saturated rings. The van der Waals surface area contributed by atoms with Gasteiger partial charge in [-0.15, -0.1) is 0 Å². The molecule has 0 atom stereocenters. The number of rotatable bonds is 3. The molecule has 19 heavy (non-hydrogen) atoms. The second-order valence-electron chi connectivity index (χ2n) is 4.88. The van der Waals surface area contributed by atoms with E-state index in [9.17, 15) is 9.59 Å². The molecule has 1 amide bonds. The zero-order valence-corrected chi connectivity index (χ0v) is 10.8. The lowest BCUT2D eigenvalue weighted by Crippen LogP contribution is -2.41. The van der Waals surface area contributed by atoms with Crippen molar-refractivity contribution in [2.45, 2.75) is 25.4 Å². The number of esters is 1. The number of ether oxygens (including phenoxy) is 1. The van der Waals surface area contributed by atoms with Gasteiger partial charge in [0.2, 0.25) is 0 Å². The van der Waals surface area contributed by atoms with Crippen molar-refractivity contribution in [3.63, 3.8) is 0 Å². The number of methoxy groups -OCH3 is 1. The molecule has 0 N–H and O–H groups in total. The van der Waals surface area contributed by atoms with Gasteiger partial charge in [0.25, 0.3) is 5.91 Å². The summed E-state index contributed by atoms with van der Waals surface area (Å²) < 4.78 is 6.52. The van der Waals surface area contributed by atoms with E-state index in [-0.39, 0.29) is 5.91 Å². The largest absolute Gasteiger partial charge is 0.466 e. The quantitative estimate of drug-likeness (QED) is 0.608. The molecule has 1 saturated carbocycles. The number of hydrogen-bond donors (Lipinski definition) is 0. The van der Waals surface area contributed by atoms with Crippen molar-refractivity contribution in [1.82, 2.24) is 9.47 Å². The zero-order valence-electron chi connectivity index (χ0n) is 10.8. The minimum atomic E-state index is -0.391. The Balaban J connectivity index is 1.84. The van der Waals surface area contributed by atoms with E-state index in [1.165, 1.54) is 13.2 Å². The number of carbonyl (C=O) groups excluding carboxylic acids is 2. The zero-order chi connectivity index (χ0) is 13.4. The molecule has 100 valence electrons. The SMILES string of the molecule is COC(=O)/C=C/c1ccc2n1CCN(C1CC1)C2=O. The minimum Gasteiger partial charge on any atom is -0.466 e. The van der Waals surface area contributed by atoms with Crippen LogP contribution >= 0.6 is 0 Å². The maximum absolute atomic E-state index is 12.3. The molecule has 1 aromatic rings. The van der Waals surface area contributed by atoms with Gasteiger partial charge in [-0.2, -0.15) is 0 Å². The van der Waals surface area contributed by atoms with Gasteiger partial charge in [-0.05, 0) is 31.1 Å². The van der Waals surface area contributed by atoms with Gasteiger partial charge in [0.15, 0.2) is 0 Å². The Labute approximate surface area is 111 Å². The third-order valence-corrected chi connectivity index (χ3v) is 3.64. The summed E-state index contributed by atoms with van der Waals surface area (Å²) >= 11 is 0. The molecule has 5 heteroatoms. The third kappa shape index (κ3) is 2.16. The van der Waals surface area contributed by atoms with E-state index in [4.69, 9.17) is 0 Å².